The van der Waals surface area contributed by atoms with Gasteiger partial charge in [0, 0.05) is 11.7 Å². The molecule has 5 heteroatoms. The third-order valence-electron chi connectivity index (χ3n) is 3.10. The number of benzene rings is 2. The Morgan fingerprint density at radius 3 is 2.24 bits per heavy atom. The second-order valence-corrected chi connectivity index (χ2v) is 6.96. The summed E-state index contributed by atoms with van der Waals surface area (Å²) in [5.74, 6) is -0.0353. The number of nitrogens with one attached hydrogen (secondary N) is 1. The predicted molar refractivity (Wildman–Crippen MR) is 86.2 cm³/mol. The minimum Gasteiger partial charge on any atom is -0.399 e. The largest absolute Gasteiger partial charge is 0.399 e. The molecule has 2 aromatic rings. The molecule has 0 fully saturated rings. The molecule has 21 heavy (non-hydrogen) atoms. The molecule has 2 rings (SSSR count). The molecule has 0 aliphatic rings. The molecule has 0 saturated carbocycles. The van der Waals surface area contributed by atoms with E-state index < -0.39 is 10.0 Å². The number of nitrogens with two attached hydrogens (primary N) is 1. The van der Waals surface area contributed by atoms with E-state index in [1.165, 1.54) is 0 Å². The van der Waals surface area contributed by atoms with E-state index in [-0.39, 0.29) is 11.8 Å². The summed E-state index contributed by atoms with van der Waals surface area (Å²) in [7, 11) is -3.36. The van der Waals surface area contributed by atoms with Gasteiger partial charge in [0.25, 0.3) is 0 Å². The second-order valence-electron chi connectivity index (χ2n) is 5.21. The molecule has 1 unspecified atom stereocenters. The first-order chi connectivity index (χ1) is 9.94. The zero-order chi connectivity index (χ0) is 15.3. The van der Waals surface area contributed by atoms with Crippen molar-refractivity contribution in [3.05, 3.63) is 65.7 Å². The van der Waals surface area contributed by atoms with Gasteiger partial charge in [0.15, 0.2) is 0 Å². The first-order valence-electron chi connectivity index (χ1n) is 6.83. The van der Waals surface area contributed by atoms with Gasteiger partial charge < -0.3 is 5.73 Å². The van der Waals surface area contributed by atoms with Crippen molar-refractivity contribution in [1.29, 1.82) is 0 Å². The number of sulfonamides is 1. The average Bonchev–Trinajstić information content (AvgIpc) is 2.41. The van der Waals surface area contributed by atoms with Crippen LogP contribution in [0.5, 0.6) is 0 Å². The van der Waals surface area contributed by atoms with Crippen LogP contribution in [-0.4, -0.2) is 14.5 Å². The summed E-state index contributed by atoms with van der Waals surface area (Å²) in [4.78, 5) is 0. The summed E-state index contributed by atoms with van der Waals surface area (Å²) >= 11 is 0. The van der Waals surface area contributed by atoms with Crippen molar-refractivity contribution in [1.82, 2.24) is 4.72 Å². The van der Waals surface area contributed by atoms with Gasteiger partial charge >= 0.3 is 0 Å². The molecule has 4 nitrogen and oxygen atoms in total. The Hall–Kier alpha value is -1.85. The monoisotopic (exact) mass is 304 g/mol. The van der Waals surface area contributed by atoms with Crippen LogP contribution in [0.15, 0.2) is 54.6 Å². The van der Waals surface area contributed by atoms with Crippen molar-refractivity contribution in [2.45, 2.75) is 25.1 Å². The van der Waals surface area contributed by atoms with Gasteiger partial charge in [-0.25, -0.2) is 13.1 Å². The van der Waals surface area contributed by atoms with Crippen molar-refractivity contribution in [3.8, 4) is 0 Å². The van der Waals surface area contributed by atoms with Gasteiger partial charge in [-0.15, -0.1) is 0 Å². The van der Waals surface area contributed by atoms with Gasteiger partial charge in [-0.3, -0.25) is 0 Å². The van der Waals surface area contributed by atoms with Crippen molar-refractivity contribution in [3.63, 3.8) is 0 Å². The lowest BCUT2D eigenvalue weighted by Crippen LogP contribution is -2.34. The summed E-state index contributed by atoms with van der Waals surface area (Å²) in [6.07, 6.45) is 0.668. The van der Waals surface area contributed by atoms with Crippen LogP contribution < -0.4 is 10.5 Å². The van der Waals surface area contributed by atoms with Crippen LogP contribution >= 0.6 is 0 Å². The van der Waals surface area contributed by atoms with Crippen molar-refractivity contribution in [2.75, 3.05) is 5.73 Å². The molecule has 0 saturated heterocycles. The van der Waals surface area contributed by atoms with E-state index in [0.717, 1.165) is 11.1 Å². The first kappa shape index (κ1) is 15.5. The van der Waals surface area contributed by atoms with Gasteiger partial charge in [-0.05, 0) is 36.6 Å². The fraction of sp³-hybridized carbons (Fsp3) is 0.250. The van der Waals surface area contributed by atoms with Gasteiger partial charge in [0.1, 0.15) is 0 Å². The Bertz CT molecular complexity index is 667. The standard InChI is InChI=1S/C16H20N2O2S/c1-13(11-14-5-3-2-4-6-14)18-21(19,20)12-15-7-9-16(17)10-8-15/h2-10,13,18H,11-12,17H2,1H3. The molecule has 0 spiro atoms. The van der Waals surface area contributed by atoms with Crippen LogP contribution in [-0.2, 0) is 22.2 Å². The average molecular weight is 304 g/mol. The van der Waals surface area contributed by atoms with Gasteiger partial charge in [-0.2, -0.15) is 0 Å². The number of nitrogen functional groups attached to an aromatic ring is 1. The summed E-state index contributed by atoms with van der Waals surface area (Å²) < 4.78 is 27.0. The highest BCUT2D eigenvalue weighted by molar-refractivity contribution is 7.88. The Morgan fingerprint density at radius 2 is 1.62 bits per heavy atom. The van der Waals surface area contributed by atoms with Crippen LogP contribution in [0.2, 0.25) is 0 Å². The fourth-order valence-electron chi connectivity index (χ4n) is 2.19. The highest BCUT2D eigenvalue weighted by Crippen LogP contribution is 2.10. The number of hydrogen-bond donors (Lipinski definition) is 2. The molecule has 0 heterocycles. The quantitative estimate of drug-likeness (QED) is 0.804. The van der Waals surface area contributed by atoms with E-state index in [4.69, 9.17) is 5.73 Å². The molecule has 0 radical (unpaired) electrons. The first-order valence-corrected chi connectivity index (χ1v) is 8.48. The van der Waals surface area contributed by atoms with Crippen molar-refractivity contribution < 1.29 is 8.42 Å². The van der Waals surface area contributed by atoms with Crippen LogP contribution in [0.25, 0.3) is 0 Å². The highest BCUT2D eigenvalue weighted by atomic mass is 32.2. The van der Waals surface area contributed by atoms with Crippen molar-refractivity contribution in [2.24, 2.45) is 0 Å². The Labute approximate surface area is 126 Å². The molecule has 3 N–H and O–H groups in total. The van der Waals surface area contributed by atoms with Gasteiger partial charge in [0.05, 0.1) is 5.75 Å². The molecule has 2 aromatic carbocycles. The third kappa shape index (κ3) is 5.21. The third-order valence-corrected chi connectivity index (χ3v) is 4.58. The summed E-state index contributed by atoms with van der Waals surface area (Å²) in [5, 5.41) is 0. The zero-order valence-corrected chi connectivity index (χ0v) is 12.8. The van der Waals surface area contributed by atoms with E-state index in [9.17, 15) is 8.42 Å². The topological polar surface area (TPSA) is 72.2 Å². The Balaban J connectivity index is 1.95. The fourth-order valence-corrected chi connectivity index (χ4v) is 3.60. The molecule has 112 valence electrons. The number of rotatable bonds is 6. The minimum absolute atomic E-state index is 0.0353. The van der Waals surface area contributed by atoms with Crippen LogP contribution in [0.4, 0.5) is 5.69 Å². The summed E-state index contributed by atoms with van der Waals surface area (Å²) in [6.45, 7) is 1.87. The maximum absolute atomic E-state index is 12.1. The molecular formula is C16H20N2O2S. The van der Waals surface area contributed by atoms with E-state index in [0.29, 0.717) is 12.1 Å². The summed E-state index contributed by atoms with van der Waals surface area (Å²) in [6, 6.07) is 16.6. The van der Waals surface area contributed by atoms with Crippen LogP contribution in [0, 0.1) is 0 Å². The highest BCUT2D eigenvalue weighted by Gasteiger charge is 2.15. The maximum Gasteiger partial charge on any atom is 0.216 e. The molecule has 0 aliphatic heterocycles. The van der Waals surface area contributed by atoms with E-state index >= 15 is 0 Å². The lowest BCUT2D eigenvalue weighted by molar-refractivity contribution is 0.559. The smallest absolute Gasteiger partial charge is 0.216 e. The SMILES string of the molecule is CC(Cc1ccccc1)NS(=O)(=O)Cc1ccc(N)cc1. The van der Waals surface area contributed by atoms with Crippen LogP contribution in [0.1, 0.15) is 18.1 Å². The number of anilines is 1. The van der Waals surface area contributed by atoms with Crippen molar-refractivity contribution >= 4 is 15.7 Å². The molecule has 0 bridgehead atoms. The van der Waals surface area contributed by atoms with E-state index in [2.05, 4.69) is 4.72 Å². The Kier molecular flexibility index (Phi) is 4.98. The lowest BCUT2D eigenvalue weighted by Gasteiger charge is -2.14. The van der Waals surface area contributed by atoms with E-state index in [1.54, 1.807) is 24.3 Å². The normalized spacial score (nSPS) is 13.0. The molecule has 0 aliphatic carbocycles. The second kappa shape index (κ2) is 6.74. The summed E-state index contributed by atoms with van der Waals surface area (Å²) in [5.41, 5.74) is 8.06. The number of hydrogen-bond acceptors (Lipinski definition) is 3. The maximum atomic E-state index is 12.1. The van der Waals surface area contributed by atoms with Gasteiger partial charge in [-0.1, -0.05) is 42.5 Å². The van der Waals surface area contributed by atoms with Gasteiger partial charge in [0.2, 0.25) is 10.0 Å². The zero-order valence-electron chi connectivity index (χ0n) is 12.0. The lowest BCUT2D eigenvalue weighted by atomic mass is 10.1. The molecule has 0 amide bonds. The van der Waals surface area contributed by atoms with Crippen LogP contribution in [0.3, 0.4) is 0 Å². The predicted octanol–water partition coefficient (Wildman–Crippen LogP) is 2.32. The molecular weight excluding hydrogens is 284 g/mol. The minimum atomic E-state index is -3.36. The molecule has 0 aromatic heterocycles. The molecule has 1 atom stereocenters. The Morgan fingerprint density at radius 1 is 1.00 bits per heavy atom. The van der Waals surface area contributed by atoms with E-state index in [1.807, 2.05) is 37.3 Å².